The molecule has 0 fully saturated rings. The zero-order valence-corrected chi connectivity index (χ0v) is 14.5. The Morgan fingerprint density at radius 2 is 1.74 bits per heavy atom. The molecule has 0 heterocycles. The summed E-state index contributed by atoms with van der Waals surface area (Å²) in [6.07, 6.45) is 0. The number of ether oxygens (including phenoxy) is 1. The van der Waals surface area contributed by atoms with Gasteiger partial charge in [-0.1, -0.05) is 55.8 Å². The van der Waals surface area contributed by atoms with Crippen molar-refractivity contribution >= 4 is 0 Å². The normalized spacial score (nSPS) is 12.4. The topological polar surface area (TPSA) is 38.5 Å². The van der Waals surface area contributed by atoms with E-state index >= 15 is 0 Å². The Morgan fingerprint density at radius 1 is 1.04 bits per heavy atom. The van der Waals surface area contributed by atoms with Crippen molar-refractivity contribution in [2.75, 3.05) is 19.6 Å². The third kappa shape index (κ3) is 4.81. The van der Waals surface area contributed by atoms with Gasteiger partial charge < -0.3 is 10.5 Å². The van der Waals surface area contributed by atoms with Crippen LogP contribution in [0.2, 0.25) is 0 Å². The van der Waals surface area contributed by atoms with Crippen molar-refractivity contribution in [3.63, 3.8) is 0 Å². The molecule has 3 nitrogen and oxygen atoms in total. The molecule has 2 rings (SSSR count). The van der Waals surface area contributed by atoms with E-state index in [9.17, 15) is 0 Å². The second-order valence-corrected chi connectivity index (χ2v) is 5.82. The van der Waals surface area contributed by atoms with Gasteiger partial charge >= 0.3 is 0 Å². The zero-order chi connectivity index (χ0) is 16.7. The summed E-state index contributed by atoms with van der Waals surface area (Å²) in [6.45, 7) is 9.67. The molecule has 2 aromatic rings. The van der Waals surface area contributed by atoms with Crippen molar-refractivity contribution in [2.24, 2.45) is 5.73 Å². The fourth-order valence-corrected chi connectivity index (χ4v) is 2.92. The van der Waals surface area contributed by atoms with Gasteiger partial charge in [-0.05, 0) is 43.3 Å². The first-order valence-electron chi connectivity index (χ1n) is 8.40. The Morgan fingerprint density at radius 3 is 2.30 bits per heavy atom. The Kier molecular flexibility index (Phi) is 6.63. The van der Waals surface area contributed by atoms with Crippen LogP contribution in [0.25, 0.3) is 0 Å². The minimum atomic E-state index is 0.274. The van der Waals surface area contributed by atoms with Gasteiger partial charge in [-0.15, -0.1) is 0 Å². The van der Waals surface area contributed by atoms with E-state index in [4.69, 9.17) is 10.5 Å². The smallest absolute Gasteiger partial charge is 0.119 e. The summed E-state index contributed by atoms with van der Waals surface area (Å²) in [7, 11) is 0. The lowest BCUT2D eigenvalue weighted by atomic mass is 10.1. The van der Waals surface area contributed by atoms with Crippen molar-refractivity contribution in [2.45, 2.75) is 33.4 Å². The molecule has 0 radical (unpaired) electrons. The third-order valence-electron chi connectivity index (χ3n) is 4.23. The molecule has 2 N–H and O–H groups in total. The van der Waals surface area contributed by atoms with E-state index < -0.39 is 0 Å². The number of hydrogen-bond acceptors (Lipinski definition) is 3. The van der Waals surface area contributed by atoms with Crippen molar-refractivity contribution < 1.29 is 4.74 Å². The molecule has 0 aliphatic carbocycles. The number of nitrogens with two attached hydrogens (primary N) is 1. The summed E-state index contributed by atoms with van der Waals surface area (Å²) >= 11 is 0. The monoisotopic (exact) mass is 312 g/mol. The van der Waals surface area contributed by atoms with Crippen LogP contribution in [0.4, 0.5) is 0 Å². The molecule has 2 aromatic carbocycles. The van der Waals surface area contributed by atoms with Gasteiger partial charge in [0.15, 0.2) is 0 Å². The molecule has 0 saturated carbocycles. The molecule has 0 aliphatic rings. The fraction of sp³-hybridized carbons (Fsp3) is 0.400. The average molecular weight is 312 g/mol. The maximum atomic E-state index is 5.97. The lowest BCUT2D eigenvalue weighted by Crippen LogP contribution is -2.33. The molecular formula is C20H28N2O. The van der Waals surface area contributed by atoms with Crippen LogP contribution in [0.5, 0.6) is 5.75 Å². The molecule has 0 amide bonds. The standard InChI is InChI=1S/C20H28N2O/c1-4-22(5-2)20(14-21)18-9-11-19(12-10-18)23-15-17-8-6-7-16(3)13-17/h6-13,20H,4-5,14-15,21H2,1-3H3. The molecule has 0 aromatic heterocycles. The first-order valence-corrected chi connectivity index (χ1v) is 8.40. The van der Waals surface area contributed by atoms with Gasteiger partial charge in [0.05, 0.1) is 0 Å². The van der Waals surface area contributed by atoms with Crippen LogP contribution in [-0.4, -0.2) is 24.5 Å². The van der Waals surface area contributed by atoms with E-state index in [1.807, 2.05) is 12.1 Å². The molecule has 3 heteroatoms. The summed E-state index contributed by atoms with van der Waals surface area (Å²) in [5.41, 5.74) is 9.67. The summed E-state index contributed by atoms with van der Waals surface area (Å²) in [6, 6.07) is 17.0. The Balaban J connectivity index is 2.01. The van der Waals surface area contributed by atoms with E-state index in [1.165, 1.54) is 16.7 Å². The van der Waals surface area contributed by atoms with Gasteiger partial charge in [0.25, 0.3) is 0 Å². The van der Waals surface area contributed by atoms with Gasteiger partial charge in [-0.25, -0.2) is 0 Å². The summed E-state index contributed by atoms with van der Waals surface area (Å²) < 4.78 is 5.88. The molecule has 1 unspecified atom stereocenters. The third-order valence-corrected chi connectivity index (χ3v) is 4.23. The quantitative estimate of drug-likeness (QED) is 0.803. The fourth-order valence-electron chi connectivity index (χ4n) is 2.92. The second-order valence-electron chi connectivity index (χ2n) is 5.82. The van der Waals surface area contributed by atoms with Crippen LogP contribution < -0.4 is 10.5 Å². The van der Waals surface area contributed by atoms with Crippen molar-refractivity contribution in [1.29, 1.82) is 0 Å². The van der Waals surface area contributed by atoms with Gasteiger partial charge in [-0.2, -0.15) is 0 Å². The predicted octanol–water partition coefficient (Wildman–Crippen LogP) is 3.92. The highest BCUT2D eigenvalue weighted by Crippen LogP contribution is 2.22. The van der Waals surface area contributed by atoms with Crippen LogP contribution in [0.3, 0.4) is 0 Å². The van der Waals surface area contributed by atoms with Crippen molar-refractivity contribution in [3.05, 3.63) is 65.2 Å². The van der Waals surface area contributed by atoms with Crippen LogP contribution in [0.1, 0.15) is 36.6 Å². The van der Waals surface area contributed by atoms with Crippen LogP contribution >= 0.6 is 0 Å². The molecule has 0 saturated heterocycles. The number of nitrogens with zero attached hydrogens (tertiary/aromatic N) is 1. The van der Waals surface area contributed by atoms with Crippen LogP contribution in [-0.2, 0) is 6.61 Å². The molecule has 0 spiro atoms. The minimum Gasteiger partial charge on any atom is -0.489 e. The number of aryl methyl sites for hydroxylation is 1. The highest BCUT2D eigenvalue weighted by atomic mass is 16.5. The molecule has 124 valence electrons. The highest BCUT2D eigenvalue weighted by Gasteiger charge is 2.15. The predicted molar refractivity (Wildman–Crippen MR) is 96.7 cm³/mol. The van der Waals surface area contributed by atoms with Crippen molar-refractivity contribution in [1.82, 2.24) is 4.90 Å². The maximum Gasteiger partial charge on any atom is 0.119 e. The van der Waals surface area contributed by atoms with Gasteiger partial charge in [0.2, 0.25) is 0 Å². The first-order chi connectivity index (χ1) is 11.2. The second kappa shape index (κ2) is 8.70. The van der Waals surface area contributed by atoms with Crippen LogP contribution in [0.15, 0.2) is 48.5 Å². The van der Waals surface area contributed by atoms with E-state index in [-0.39, 0.29) is 6.04 Å². The van der Waals surface area contributed by atoms with E-state index in [2.05, 4.69) is 62.1 Å². The average Bonchev–Trinajstić information content (AvgIpc) is 2.58. The minimum absolute atomic E-state index is 0.274. The Labute approximate surface area is 140 Å². The molecule has 23 heavy (non-hydrogen) atoms. The number of hydrogen-bond donors (Lipinski definition) is 1. The zero-order valence-electron chi connectivity index (χ0n) is 14.5. The maximum absolute atomic E-state index is 5.97. The van der Waals surface area contributed by atoms with Gasteiger partial charge in [0.1, 0.15) is 12.4 Å². The summed E-state index contributed by atoms with van der Waals surface area (Å²) in [5.74, 6) is 0.894. The number of likely N-dealkylation sites (N-methyl/N-ethyl adjacent to an activating group) is 1. The molecule has 0 bridgehead atoms. The first kappa shape index (κ1) is 17.5. The Hall–Kier alpha value is -1.84. The Bertz CT molecular complexity index is 591. The molecule has 0 aliphatic heterocycles. The summed E-state index contributed by atoms with van der Waals surface area (Å²) in [5, 5.41) is 0. The number of benzene rings is 2. The van der Waals surface area contributed by atoms with E-state index in [0.717, 1.165) is 18.8 Å². The molecule has 1 atom stereocenters. The SMILES string of the molecule is CCN(CC)C(CN)c1ccc(OCc2cccc(C)c2)cc1. The summed E-state index contributed by atoms with van der Waals surface area (Å²) in [4.78, 5) is 2.38. The van der Waals surface area contributed by atoms with Gasteiger partial charge in [0, 0.05) is 12.6 Å². The number of rotatable bonds is 8. The van der Waals surface area contributed by atoms with Gasteiger partial charge in [-0.3, -0.25) is 4.90 Å². The molecular weight excluding hydrogens is 284 g/mol. The van der Waals surface area contributed by atoms with Crippen LogP contribution in [0, 0.1) is 6.92 Å². The van der Waals surface area contributed by atoms with E-state index in [1.54, 1.807) is 0 Å². The highest BCUT2D eigenvalue weighted by molar-refractivity contribution is 5.30. The largest absolute Gasteiger partial charge is 0.489 e. The lowest BCUT2D eigenvalue weighted by molar-refractivity contribution is 0.224. The lowest BCUT2D eigenvalue weighted by Gasteiger charge is -2.29. The van der Waals surface area contributed by atoms with Crippen molar-refractivity contribution in [3.8, 4) is 5.75 Å². The van der Waals surface area contributed by atoms with E-state index in [0.29, 0.717) is 13.2 Å².